The molecule has 3 atom stereocenters. The maximum Gasteiger partial charge on any atom is 0.245 e. The third-order valence-corrected chi connectivity index (χ3v) is 4.06. The number of hydrogen-bond donors (Lipinski definition) is 1. The zero-order chi connectivity index (χ0) is 15.0. The zero-order valence-corrected chi connectivity index (χ0v) is 11.4. The summed E-state index contributed by atoms with van der Waals surface area (Å²) in [5, 5.41) is 11.8. The lowest BCUT2D eigenvalue weighted by atomic mass is 9.98. The van der Waals surface area contributed by atoms with Crippen molar-refractivity contribution < 1.29 is 14.0 Å². The van der Waals surface area contributed by atoms with Crippen LogP contribution in [0.3, 0.4) is 0 Å². The molecule has 1 N–H and O–H groups in total. The summed E-state index contributed by atoms with van der Waals surface area (Å²) in [6.45, 7) is 0. The Kier molecular flexibility index (Phi) is 3.46. The van der Waals surface area contributed by atoms with E-state index in [1.807, 2.05) is 0 Å². The first-order valence-electron chi connectivity index (χ1n) is 7.10. The van der Waals surface area contributed by atoms with Crippen LogP contribution in [0.5, 0.6) is 0 Å². The zero-order valence-electron chi connectivity index (χ0n) is 11.4. The molecule has 2 saturated carbocycles. The topological polar surface area (TPSA) is 70.0 Å². The molecule has 2 aliphatic carbocycles. The van der Waals surface area contributed by atoms with Gasteiger partial charge in [0.05, 0.1) is 6.07 Å². The summed E-state index contributed by atoms with van der Waals surface area (Å²) < 4.78 is 13.7. The number of halogens is 1. The predicted molar refractivity (Wildman–Crippen MR) is 72.5 cm³/mol. The Labute approximate surface area is 122 Å². The monoisotopic (exact) mass is 286 g/mol. The van der Waals surface area contributed by atoms with E-state index in [2.05, 4.69) is 5.32 Å². The molecule has 0 aromatic heterocycles. The number of hydrogen-bond acceptors (Lipinski definition) is 3. The average Bonchev–Trinajstić information content (AvgIpc) is 3.34. The molecule has 2 fully saturated rings. The van der Waals surface area contributed by atoms with Crippen LogP contribution in [-0.2, 0) is 9.59 Å². The van der Waals surface area contributed by atoms with Crippen LogP contribution in [0.1, 0.15) is 30.7 Å². The highest BCUT2D eigenvalue weighted by molar-refractivity contribution is 6.06. The van der Waals surface area contributed by atoms with Crippen LogP contribution >= 0.6 is 0 Å². The number of nitrogens with zero attached hydrogens (tertiary/aromatic N) is 1. The third-order valence-electron chi connectivity index (χ3n) is 4.06. The Morgan fingerprint density at radius 1 is 1.33 bits per heavy atom. The summed E-state index contributed by atoms with van der Waals surface area (Å²) in [5.41, 5.74) is 0.496. The average molecular weight is 286 g/mol. The lowest BCUT2D eigenvalue weighted by Crippen LogP contribution is -2.36. The van der Waals surface area contributed by atoms with Gasteiger partial charge in [-0.2, -0.15) is 5.26 Å². The summed E-state index contributed by atoms with van der Waals surface area (Å²) in [7, 11) is 0. The predicted octanol–water partition coefficient (Wildman–Crippen LogP) is 1.92. The van der Waals surface area contributed by atoms with Crippen molar-refractivity contribution in [1.82, 2.24) is 5.32 Å². The summed E-state index contributed by atoms with van der Waals surface area (Å²) in [4.78, 5) is 24.1. The van der Waals surface area contributed by atoms with Crippen LogP contribution in [0, 0.1) is 29.0 Å². The van der Waals surface area contributed by atoms with Crippen LogP contribution in [0.2, 0.25) is 0 Å². The van der Waals surface area contributed by atoms with Gasteiger partial charge in [0.25, 0.3) is 0 Å². The minimum atomic E-state index is -1.27. The Balaban J connectivity index is 1.67. The van der Waals surface area contributed by atoms with Crippen molar-refractivity contribution >= 4 is 11.7 Å². The number of Topliss-reactive ketones (excluding diaryl/α,β-unsaturated/α-hetero) is 1. The van der Waals surface area contributed by atoms with Gasteiger partial charge in [-0.25, -0.2) is 4.39 Å². The van der Waals surface area contributed by atoms with Crippen molar-refractivity contribution in [2.45, 2.75) is 31.2 Å². The van der Waals surface area contributed by atoms with E-state index in [1.165, 1.54) is 6.07 Å². The molecule has 3 rings (SSSR count). The van der Waals surface area contributed by atoms with E-state index in [4.69, 9.17) is 5.26 Å². The van der Waals surface area contributed by atoms with Gasteiger partial charge in [0.15, 0.2) is 11.7 Å². The van der Waals surface area contributed by atoms with E-state index < -0.39 is 17.7 Å². The molecular weight excluding hydrogens is 271 g/mol. The van der Waals surface area contributed by atoms with Crippen molar-refractivity contribution in [3.63, 3.8) is 0 Å². The number of amides is 1. The highest BCUT2D eigenvalue weighted by Crippen LogP contribution is 2.49. The standard InChI is InChI=1S/C16H15FN2O2/c17-14-4-2-1-3-10(14)11-7-12(11)15(20)13(8-18)16(21)19-9-5-6-9/h1-4,9,11-13H,5-7H2,(H,19,21). The first kappa shape index (κ1) is 13.7. The van der Waals surface area contributed by atoms with E-state index in [1.54, 1.807) is 24.3 Å². The minimum Gasteiger partial charge on any atom is -0.352 e. The van der Waals surface area contributed by atoms with Crippen LogP contribution in [0.4, 0.5) is 4.39 Å². The summed E-state index contributed by atoms with van der Waals surface area (Å²) >= 11 is 0. The van der Waals surface area contributed by atoms with Crippen molar-refractivity contribution in [3.05, 3.63) is 35.6 Å². The van der Waals surface area contributed by atoms with Gasteiger partial charge in [-0.3, -0.25) is 9.59 Å². The summed E-state index contributed by atoms with van der Waals surface area (Å²) in [5.74, 6) is -3.13. The molecule has 0 saturated heterocycles. The van der Waals surface area contributed by atoms with Crippen molar-refractivity contribution in [2.24, 2.45) is 11.8 Å². The van der Waals surface area contributed by atoms with Gasteiger partial charge >= 0.3 is 0 Å². The van der Waals surface area contributed by atoms with Crippen molar-refractivity contribution in [2.75, 3.05) is 0 Å². The van der Waals surface area contributed by atoms with E-state index in [-0.39, 0.29) is 23.6 Å². The van der Waals surface area contributed by atoms with Crippen LogP contribution in [-0.4, -0.2) is 17.7 Å². The fraction of sp³-hybridized carbons (Fsp3) is 0.438. The number of benzene rings is 1. The summed E-state index contributed by atoms with van der Waals surface area (Å²) in [6.07, 6.45) is 2.31. The molecule has 5 heteroatoms. The lowest BCUT2D eigenvalue weighted by Gasteiger charge is -2.08. The first-order valence-corrected chi connectivity index (χ1v) is 7.10. The fourth-order valence-corrected chi connectivity index (χ4v) is 2.61. The van der Waals surface area contributed by atoms with E-state index in [9.17, 15) is 14.0 Å². The molecule has 1 amide bonds. The molecule has 3 unspecified atom stereocenters. The minimum absolute atomic E-state index is 0.114. The molecular formula is C16H15FN2O2. The fourth-order valence-electron chi connectivity index (χ4n) is 2.61. The van der Waals surface area contributed by atoms with Gasteiger partial charge in [0.1, 0.15) is 5.82 Å². The van der Waals surface area contributed by atoms with E-state index in [0.717, 1.165) is 12.8 Å². The quantitative estimate of drug-likeness (QED) is 0.841. The summed E-state index contributed by atoms with van der Waals surface area (Å²) in [6, 6.07) is 8.23. The van der Waals surface area contributed by atoms with Crippen LogP contribution in [0.25, 0.3) is 0 Å². The number of nitriles is 1. The second-order valence-corrected chi connectivity index (χ2v) is 5.72. The number of ketones is 1. The molecule has 0 aliphatic heterocycles. The van der Waals surface area contributed by atoms with Gasteiger partial charge in [-0.05, 0) is 36.8 Å². The van der Waals surface area contributed by atoms with Crippen LogP contribution in [0.15, 0.2) is 24.3 Å². The van der Waals surface area contributed by atoms with Crippen molar-refractivity contribution in [3.8, 4) is 6.07 Å². The van der Waals surface area contributed by atoms with Gasteiger partial charge < -0.3 is 5.32 Å². The number of carbonyl (C=O) groups is 2. The number of nitrogens with one attached hydrogen (secondary N) is 1. The Hall–Kier alpha value is -2.22. The van der Waals surface area contributed by atoms with Gasteiger partial charge in [-0.15, -0.1) is 0 Å². The van der Waals surface area contributed by atoms with Gasteiger partial charge in [-0.1, -0.05) is 18.2 Å². The molecule has 2 aliphatic rings. The highest BCUT2D eigenvalue weighted by atomic mass is 19.1. The third kappa shape index (κ3) is 2.80. The van der Waals surface area contributed by atoms with Gasteiger partial charge in [0, 0.05) is 12.0 Å². The number of carbonyl (C=O) groups excluding carboxylic acids is 2. The lowest BCUT2D eigenvalue weighted by molar-refractivity contribution is -0.132. The smallest absolute Gasteiger partial charge is 0.245 e. The Bertz CT molecular complexity index is 633. The normalized spacial score (nSPS) is 24.8. The molecule has 1 aromatic rings. The molecule has 0 heterocycles. The maximum atomic E-state index is 13.7. The van der Waals surface area contributed by atoms with E-state index in [0.29, 0.717) is 12.0 Å². The molecule has 4 nitrogen and oxygen atoms in total. The second-order valence-electron chi connectivity index (χ2n) is 5.72. The van der Waals surface area contributed by atoms with E-state index >= 15 is 0 Å². The van der Waals surface area contributed by atoms with Crippen molar-refractivity contribution in [1.29, 1.82) is 5.26 Å². The Morgan fingerprint density at radius 3 is 2.67 bits per heavy atom. The molecule has 0 spiro atoms. The maximum absolute atomic E-state index is 13.7. The molecule has 108 valence electrons. The molecule has 0 radical (unpaired) electrons. The Morgan fingerprint density at radius 2 is 2.05 bits per heavy atom. The van der Waals surface area contributed by atoms with Gasteiger partial charge in [0.2, 0.25) is 5.91 Å². The SMILES string of the molecule is N#CC(C(=O)NC1CC1)C(=O)C1CC1c1ccccc1F. The molecule has 0 bridgehead atoms. The van der Waals surface area contributed by atoms with Crippen LogP contribution < -0.4 is 5.32 Å². The molecule has 1 aromatic carbocycles. The first-order chi connectivity index (χ1) is 10.1. The highest BCUT2D eigenvalue weighted by Gasteiger charge is 2.49. The largest absolute Gasteiger partial charge is 0.352 e. The second kappa shape index (κ2) is 5.28. The molecule has 21 heavy (non-hydrogen) atoms. The number of rotatable bonds is 5.